The van der Waals surface area contributed by atoms with E-state index in [1.54, 1.807) is 0 Å². The predicted molar refractivity (Wildman–Crippen MR) is 114 cm³/mol. The first-order chi connectivity index (χ1) is 15.8. The first-order valence-corrected chi connectivity index (χ1v) is 10.2. The standard InChI is InChI=1S/C24H19F3N2O4/c25-17-6-5-14(9-18(17)26)13-29-7-1-3-16(24(29)32)21(30)4-2-8-33-22-12-20-15(10-19(22)27)11-23(31)28-20/h1,3,5-7,9-10,12H,2,4,8,11,13H2,(H,28,31). The van der Waals surface area contributed by atoms with E-state index in [1.807, 2.05) is 0 Å². The summed E-state index contributed by atoms with van der Waals surface area (Å²) in [6.45, 7) is 0.0136. The van der Waals surface area contributed by atoms with Gasteiger partial charge in [0.25, 0.3) is 5.56 Å². The molecule has 1 aliphatic rings. The van der Waals surface area contributed by atoms with Crippen molar-refractivity contribution in [3.05, 3.63) is 93.2 Å². The molecule has 0 aliphatic carbocycles. The predicted octanol–water partition coefficient (Wildman–Crippen LogP) is 3.85. The van der Waals surface area contributed by atoms with Gasteiger partial charge in [-0.2, -0.15) is 0 Å². The van der Waals surface area contributed by atoms with Crippen LogP contribution in [0, 0.1) is 17.5 Å². The average molecular weight is 456 g/mol. The molecule has 3 aromatic rings. The number of rotatable bonds is 8. The Morgan fingerprint density at radius 1 is 1.03 bits per heavy atom. The zero-order valence-corrected chi connectivity index (χ0v) is 17.4. The van der Waals surface area contributed by atoms with E-state index in [0.717, 1.165) is 12.1 Å². The molecule has 6 nitrogen and oxygen atoms in total. The molecule has 1 N–H and O–H groups in total. The van der Waals surface area contributed by atoms with Crippen molar-refractivity contribution in [2.75, 3.05) is 11.9 Å². The highest BCUT2D eigenvalue weighted by atomic mass is 19.2. The zero-order valence-electron chi connectivity index (χ0n) is 17.4. The fraction of sp³-hybridized carbons (Fsp3) is 0.208. The molecule has 2 heterocycles. The Hall–Kier alpha value is -3.88. The van der Waals surface area contributed by atoms with Crippen LogP contribution in [0.5, 0.6) is 5.75 Å². The number of ketones is 1. The number of halogens is 3. The number of benzene rings is 2. The Balaban J connectivity index is 1.36. The van der Waals surface area contributed by atoms with Crippen molar-refractivity contribution < 1.29 is 27.5 Å². The van der Waals surface area contributed by atoms with E-state index in [0.29, 0.717) is 16.8 Å². The lowest BCUT2D eigenvalue weighted by Gasteiger charge is -2.10. The quantitative estimate of drug-likeness (QED) is 0.413. The SMILES string of the molecule is O=C1Cc2cc(F)c(OCCCC(=O)c3cccn(Cc4ccc(F)c(F)c4)c3=O)cc2N1. The molecule has 1 aliphatic heterocycles. The van der Waals surface area contributed by atoms with Gasteiger partial charge in [0.2, 0.25) is 5.91 Å². The highest BCUT2D eigenvalue weighted by Gasteiger charge is 2.21. The molecule has 170 valence electrons. The summed E-state index contributed by atoms with van der Waals surface area (Å²) in [7, 11) is 0. The maximum Gasteiger partial charge on any atom is 0.261 e. The summed E-state index contributed by atoms with van der Waals surface area (Å²) < 4.78 is 47.3. The van der Waals surface area contributed by atoms with E-state index in [2.05, 4.69) is 5.32 Å². The highest BCUT2D eigenvalue weighted by molar-refractivity contribution is 5.99. The Morgan fingerprint density at radius 3 is 2.64 bits per heavy atom. The van der Waals surface area contributed by atoms with Gasteiger partial charge < -0.3 is 14.6 Å². The van der Waals surface area contributed by atoms with Crippen LogP contribution in [0.1, 0.15) is 34.3 Å². The van der Waals surface area contributed by atoms with E-state index in [1.165, 1.54) is 41.1 Å². The van der Waals surface area contributed by atoms with E-state index in [4.69, 9.17) is 4.74 Å². The molecular weight excluding hydrogens is 437 g/mol. The van der Waals surface area contributed by atoms with E-state index in [-0.39, 0.29) is 49.6 Å². The lowest BCUT2D eigenvalue weighted by molar-refractivity contribution is -0.115. The van der Waals surface area contributed by atoms with Gasteiger partial charge >= 0.3 is 0 Å². The molecule has 4 rings (SSSR count). The van der Waals surface area contributed by atoms with Gasteiger partial charge in [-0.1, -0.05) is 6.07 Å². The molecule has 0 spiro atoms. The van der Waals surface area contributed by atoms with Crippen LogP contribution in [-0.4, -0.2) is 22.9 Å². The average Bonchev–Trinajstić information content (AvgIpc) is 3.13. The number of aromatic nitrogens is 1. The van der Waals surface area contributed by atoms with E-state index >= 15 is 0 Å². The van der Waals surface area contributed by atoms with Gasteiger partial charge in [-0.3, -0.25) is 14.4 Å². The van der Waals surface area contributed by atoms with Crippen LogP contribution in [0.2, 0.25) is 0 Å². The fourth-order valence-electron chi connectivity index (χ4n) is 3.59. The molecule has 0 fully saturated rings. The maximum atomic E-state index is 14.1. The van der Waals surface area contributed by atoms with E-state index < -0.39 is 28.8 Å². The zero-order chi connectivity index (χ0) is 23.5. The first-order valence-electron chi connectivity index (χ1n) is 10.2. The molecule has 0 saturated heterocycles. The van der Waals surface area contributed by atoms with Crippen molar-refractivity contribution in [1.82, 2.24) is 4.57 Å². The van der Waals surface area contributed by atoms with Crippen molar-refractivity contribution in [2.45, 2.75) is 25.8 Å². The molecule has 9 heteroatoms. The lowest BCUT2D eigenvalue weighted by Crippen LogP contribution is -2.26. The van der Waals surface area contributed by atoms with Crippen LogP contribution in [0.4, 0.5) is 18.9 Å². The molecule has 0 radical (unpaired) electrons. The topological polar surface area (TPSA) is 77.4 Å². The van der Waals surface area contributed by atoms with Gasteiger partial charge in [-0.25, -0.2) is 13.2 Å². The maximum absolute atomic E-state index is 14.1. The molecule has 2 aromatic carbocycles. The number of carbonyl (C=O) groups is 2. The summed E-state index contributed by atoms with van der Waals surface area (Å²) in [4.78, 5) is 36.6. The summed E-state index contributed by atoms with van der Waals surface area (Å²) >= 11 is 0. The molecule has 0 bridgehead atoms. The minimum atomic E-state index is -1.02. The second-order valence-electron chi connectivity index (χ2n) is 7.64. The third kappa shape index (κ3) is 4.97. The second kappa shape index (κ2) is 9.32. The number of nitrogens with one attached hydrogen (secondary N) is 1. The number of amides is 1. The van der Waals surface area contributed by atoms with Crippen LogP contribution in [-0.2, 0) is 17.8 Å². The first kappa shape index (κ1) is 22.3. The number of anilines is 1. The number of Topliss-reactive ketones (excluding diaryl/α,β-unsaturated/α-hetero) is 1. The number of hydrogen-bond donors (Lipinski definition) is 1. The van der Waals surface area contributed by atoms with Crippen LogP contribution >= 0.6 is 0 Å². The summed E-state index contributed by atoms with van der Waals surface area (Å²) in [6, 6.07) is 8.91. The molecule has 1 amide bonds. The summed E-state index contributed by atoms with van der Waals surface area (Å²) in [5.74, 6) is -3.26. The van der Waals surface area contributed by atoms with Crippen molar-refractivity contribution in [3.8, 4) is 5.75 Å². The van der Waals surface area contributed by atoms with Crippen molar-refractivity contribution in [2.24, 2.45) is 0 Å². The molecule has 1 aromatic heterocycles. The molecule has 0 atom stereocenters. The normalized spacial score (nSPS) is 12.4. The van der Waals surface area contributed by atoms with Crippen molar-refractivity contribution >= 4 is 17.4 Å². The third-order valence-electron chi connectivity index (χ3n) is 5.25. The fourth-order valence-corrected chi connectivity index (χ4v) is 3.59. The van der Waals surface area contributed by atoms with Crippen LogP contribution in [0.3, 0.4) is 0 Å². The third-order valence-corrected chi connectivity index (χ3v) is 5.25. The monoisotopic (exact) mass is 456 g/mol. The van der Waals surface area contributed by atoms with Gasteiger partial charge in [0, 0.05) is 24.4 Å². The van der Waals surface area contributed by atoms with Crippen LogP contribution < -0.4 is 15.6 Å². The largest absolute Gasteiger partial charge is 0.490 e. The molecule has 0 unspecified atom stereocenters. The number of ether oxygens (including phenoxy) is 1. The number of fused-ring (bicyclic) bond motifs is 1. The lowest BCUT2D eigenvalue weighted by atomic mass is 10.1. The molecular formula is C24H19F3N2O4. The number of hydrogen-bond acceptors (Lipinski definition) is 4. The molecule has 33 heavy (non-hydrogen) atoms. The van der Waals surface area contributed by atoms with Gasteiger partial charge in [0.05, 0.1) is 25.1 Å². The van der Waals surface area contributed by atoms with E-state index in [9.17, 15) is 27.6 Å². The minimum absolute atomic E-state index is 0.00622. The van der Waals surface area contributed by atoms with Gasteiger partial charge in [-0.05, 0) is 47.9 Å². The Labute approximate surface area is 186 Å². The Kier molecular flexibility index (Phi) is 6.30. The smallest absolute Gasteiger partial charge is 0.261 e. The number of pyridine rings is 1. The van der Waals surface area contributed by atoms with Crippen molar-refractivity contribution in [3.63, 3.8) is 0 Å². The molecule has 0 saturated carbocycles. The summed E-state index contributed by atoms with van der Waals surface area (Å²) in [5.41, 5.74) is 0.851. The number of carbonyl (C=O) groups excluding carboxylic acids is 2. The summed E-state index contributed by atoms with van der Waals surface area (Å²) in [6.07, 6.45) is 1.80. The Morgan fingerprint density at radius 2 is 1.85 bits per heavy atom. The number of nitrogens with zero attached hydrogens (tertiary/aromatic N) is 1. The van der Waals surface area contributed by atoms with Crippen LogP contribution in [0.25, 0.3) is 0 Å². The summed E-state index contributed by atoms with van der Waals surface area (Å²) in [5, 5.41) is 2.61. The van der Waals surface area contributed by atoms with Gasteiger partial charge in [0.1, 0.15) is 0 Å². The van der Waals surface area contributed by atoms with Gasteiger partial charge in [0.15, 0.2) is 29.0 Å². The minimum Gasteiger partial charge on any atom is -0.490 e. The Bertz CT molecular complexity index is 1300. The van der Waals surface area contributed by atoms with Crippen LogP contribution in [0.15, 0.2) is 53.5 Å². The second-order valence-corrected chi connectivity index (χ2v) is 7.64. The highest BCUT2D eigenvalue weighted by Crippen LogP contribution is 2.30. The van der Waals surface area contributed by atoms with Gasteiger partial charge in [-0.15, -0.1) is 0 Å². The van der Waals surface area contributed by atoms with Crippen molar-refractivity contribution in [1.29, 1.82) is 0 Å².